The molecule has 16 heteroatoms. The van der Waals surface area contributed by atoms with Crippen LogP contribution in [0, 0.1) is 23.7 Å². The van der Waals surface area contributed by atoms with Crippen molar-refractivity contribution in [3.05, 3.63) is 0 Å². The van der Waals surface area contributed by atoms with E-state index in [1.807, 2.05) is 25.9 Å². The molecule has 3 aliphatic heterocycles. The molecule has 3 heterocycles. The number of ketones is 2. The van der Waals surface area contributed by atoms with Gasteiger partial charge in [-0.25, -0.2) is 17.9 Å². The van der Waals surface area contributed by atoms with Crippen molar-refractivity contribution in [1.29, 1.82) is 0 Å². The molecule has 0 saturated carbocycles. The Morgan fingerprint density at radius 3 is 2.20 bits per heavy atom. The highest BCUT2D eigenvalue weighted by Gasteiger charge is 2.60. The van der Waals surface area contributed by atoms with Gasteiger partial charge in [0, 0.05) is 44.0 Å². The van der Waals surface area contributed by atoms with E-state index in [4.69, 9.17) is 23.7 Å². The van der Waals surface area contributed by atoms with Gasteiger partial charge < -0.3 is 33.7 Å². The second-order valence-electron chi connectivity index (χ2n) is 15.0. The lowest BCUT2D eigenvalue weighted by molar-refractivity contribution is -0.295. The molecule has 3 saturated heterocycles. The minimum atomic E-state index is -3.59. The molecule has 0 aromatic heterocycles. The third-order valence-corrected chi connectivity index (χ3v) is 11.6. The Bertz CT molecular complexity index is 1360. The van der Waals surface area contributed by atoms with Gasteiger partial charge in [0.2, 0.25) is 10.0 Å². The molecule has 3 fully saturated rings. The van der Waals surface area contributed by atoms with Crippen LogP contribution in [0.25, 0.3) is 0 Å². The molecule has 3 aliphatic rings. The van der Waals surface area contributed by atoms with Crippen LogP contribution in [-0.2, 0) is 48.1 Å². The number of likely N-dealkylation sites (N-methyl/N-ethyl adjacent to an activating group) is 1. The predicted octanol–water partition coefficient (Wildman–Crippen LogP) is 1.74. The fourth-order valence-corrected chi connectivity index (χ4v) is 8.52. The number of sulfonamides is 1. The molecule has 13 atom stereocenters. The molecule has 288 valence electrons. The lowest BCUT2D eigenvalue weighted by Gasteiger charge is -2.47. The van der Waals surface area contributed by atoms with Crippen LogP contribution >= 0.6 is 0 Å². The summed E-state index contributed by atoms with van der Waals surface area (Å²) in [6, 6.07) is -1.27. The standard InChI is InChI=1S/C34H59N3O12S/c1-13-24-34(8)28(37(32(42)49-34)15-14-35-50(12,43)44)20(4)25(38)18(2)17-33(7,45-11)29(21(5)26(39)22(6)30(41)47-24)48-31-27(40)23(36(9)10)16-19(3)46-31/h18-24,27-29,31,35,40H,13-17H2,1-12H3/t18-,19-,20+,21-,22-,23+,24-,27-,28+,29-,31+,33-,34-/m1/s1. The summed E-state index contributed by atoms with van der Waals surface area (Å²) >= 11 is 0. The molecule has 1 amide bonds. The number of amides is 1. The maximum Gasteiger partial charge on any atom is 0.410 e. The Hall–Kier alpha value is -2.21. The number of esters is 1. The number of methoxy groups -OCH3 is 1. The normalized spacial score (nSPS) is 41.1. The van der Waals surface area contributed by atoms with Crippen molar-refractivity contribution in [2.45, 2.75) is 129 Å². The number of aliphatic hydroxyl groups excluding tert-OH is 1. The van der Waals surface area contributed by atoms with E-state index < -0.39 is 93.4 Å². The maximum atomic E-state index is 14.4. The first kappa shape index (κ1) is 42.2. The Balaban J connectivity index is 2.12. The van der Waals surface area contributed by atoms with Gasteiger partial charge >= 0.3 is 12.1 Å². The number of cyclic esters (lactones) is 1. The Morgan fingerprint density at radius 2 is 1.66 bits per heavy atom. The number of nitrogens with one attached hydrogen (secondary N) is 1. The van der Waals surface area contributed by atoms with E-state index in [2.05, 4.69) is 4.72 Å². The zero-order chi connectivity index (χ0) is 38.1. The smallest absolute Gasteiger partial charge is 0.410 e. The molecular formula is C34H59N3O12S. The van der Waals surface area contributed by atoms with E-state index in [9.17, 15) is 32.7 Å². The number of hydrogen-bond donors (Lipinski definition) is 2. The highest BCUT2D eigenvalue weighted by atomic mass is 32.2. The molecule has 0 spiro atoms. The fraction of sp³-hybridized carbons (Fsp3) is 0.882. The van der Waals surface area contributed by atoms with Gasteiger partial charge in [0.15, 0.2) is 17.7 Å². The summed E-state index contributed by atoms with van der Waals surface area (Å²) in [5, 5.41) is 11.3. The van der Waals surface area contributed by atoms with Crippen LogP contribution in [0.4, 0.5) is 4.79 Å². The second kappa shape index (κ2) is 16.2. The molecule has 0 aromatic rings. The summed E-state index contributed by atoms with van der Waals surface area (Å²) in [5.74, 6) is -5.47. The van der Waals surface area contributed by atoms with Crippen molar-refractivity contribution in [1.82, 2.24) is 14.5 Å². The van der Waals surface area contributed by atoms with Crippen molar-refractivity contribution < 1.29 is 56.4 Å². The monoisotopic (exact) mass is 733 g/mol. The van der Waals surface area contributed by atoms with Crippen molar-refractivity contribution >= 4 is 33.7 Å². The van der Waals surface area contributed by atoms with Crippen LogP contribution in [-0.4, -0.2) is 141 Å². The molecule has 0 aromatic carbocycles. The third-order valence-electron chi connectivity index (χ3n) is 10.9. The minimum absolute atomic E-state index is 0.0638. The molecule has 50 heavy (non-hydrogen) atoms. The van der Waals surface area contributed by atoms with Gasteiger partial charge in [-0.15, -0.1) is 0 Å². The zero-order valence-corrected chi connectivity index (χ0v) is 32.4. The molecule has 0 aliphatic carbocycles. The highest BCUT2D eigenvalue weighted by Crippen LogP contribution is 2.43. The topological polar surface area (TPSA) is 187 Å². The van der Waals surface area contributed by atoms with Crippen LogP contribution in [0.3, 0.4) is 0 Å². The average molecular weight is 734 g/mol. The van der Waals surface area contributed by atoms with Gasteiger partial charge in [-0.1, -0.05) is 27.7 Å². The predicted molar refractivity (Wildman–Crippen MR) is 182 cm³/mol. The molecule has 0 bridgehead atoms. The zero-order valence-electron chi connectivity index (χ0n) is 31.6. The van der Waals surface area contributed by atoms with Crippen molar-refractivity contribution in [3.63, 3.8) is 0 Å². The van der Waals surface area contributed by atoms with Gasteiger partial charge in [0.1, 0.15) is 23.9 Å². The summed E-state index contributed by atoms with van der Waals surface area (Å²) < 4.78 is 56.6. The lowest BCUT2D eigenvalue weighted by Crippen LogP contribution is -2.60. The summed E-state index contributed by atoms with van der Waals surface area (Å²) in [4.78, 5) is 58.9. The van der Waals surface area contributed by atoms with E-state index in [0.717, 1.165) is 6.26 Å². The summed E-state index contributed by atoms with van der Waals surface area (Å²) in [7, 11) is 1.55. The van der Waals surface area contributed by atoms with Gasteiger partial charge in [0.25, 0.3) is 0 Å². The van der Waals surface area contributed by atoms with Crippen LogP contribution < -0.4 is 4.72 Å². The molecule has 15 nitrogen and oxygen atoms in total. The quantitative estimate of drug-likeness (QED) is 0.258. The van der Waals surface area contributed by atoms with Gasteiger partial charge in [-0.3, -0.25) is 19.3 Å². The first-order valence-electron chi connectivity index (χ1n) is 17.5. The maximum absolute atomic E-state index is 14.4. The molecule has 0 unspecified atom stereocenters. The number of ether oxygens (including phenoxy) is 5. The molecule has 2 N–H and O–H groups in total. The van der Waals surface area contributed by atoms with Crippen LogP contribution in [0.1, 0.15) is 74.7 Å². The lowest BCUT2D eigenvalue weighted by atomic mass is 9.73. The second-order valence-corrected chi connectivity index (χ2v) is 16.9. The number of aliphatic hydroxyl groups is 1. The SMILES string of the molecule is CC[C@H]1OC(=O)[C@H](C)C(=O)[C@@H](C)[C@@H](O[C@@H]2O[C@H](C)C[C@H](N(C)C)[C@H]2O)[C@](C)(OC)C[C@@H](C)C(=O)[C@H](C)[C@@H]2N(CCNS(C)(=O)=O)C(=O)O[C@@]21C. The van der Waals surface area contributed by atoms with E-state index in [0.29, 0.717) is 6.42 Å². The largest absolute Gasteiger partial charge is 0.458 e. The van der Waals surface area contributed by atoms with Crippen molar-refractivity contribution in [3.8, 4) is 0 Å². The molecule has 3 rings (SSSR count). The Morgan fingerprint density at radius 1 is 1.04 bits per heavy atom. The van der Waals surface area contributed by atoms with Crippen LogP contribution in [0.5, 0.6) is 0 Å². The summed E-state index contributed by atoms with van der Waals surface area (Å²) in [6.45, 7) is 13.1. The van der Waals surface area contributed by atoms with Crippen LogP contribution in [0.2, 0.25) is 0 Å². The first-order valence-corrected chi connectivity index (χ1v) is 19.3. The average Bonchev–Trinajstić information content (AvgIpc) is 3.29. The number of carbonyl (C=O) groups excluding carboxylic acids is 4. The van der Waals surface area contributed by atoms with Crippen molar-refractivity contribution in [2.24, 2.45) is 23.7 Å². The number of Topliss-reactive ketones (excluding diaryl/α,β-unsaturated/α-hetero) is 2. The Kier molecular flexibility index (Phi) is 13.7. The van der Waals surface area contributed by atoms with Crippen LogP contribution in [0.15, 0.2) is 0 Å². The number of rotatable bonds is 9. The summed E-state index contributed by atoms with van der Waals surface area (Å²) in [5.41, 5.74) is -2.84. The molecule has 0 radical (unpaired) electrons. The minimum Gasteiger partial charge on any atom is -0.458 e. The summed E-state index contributed by atoms with van der Waals surface area (Å²) in [6.07, 6.45) is -3.64. The first-order chi connectivity index (χ1) is 23.0. The van der Waals surface area contributed by atoms with E-state index in [1.165, 1.54) is 18.9 Å². The fourth-order valence-electron chi connectivity index (χ4n) is 8.06. The number of fused-ring (bicyclic) bond motifs is 1. The van der Waals surface area contributed by atoms with Gasteiger partial charge in [-0.05, 0) is 61.1 Å². The van der Waals surface area contributed by atoms with E-state index >= 15 is 0 Å². The highest BCUT2D eigenvalue weighted by molar-refractivity contribution is 7.88. The van der Waals surface area contributed by atoms with Crippen molar-refractivity contribution in [2.75, 3.05) is 40.6 Å². The number of nitrogens with zero attached hydrogens (tertiary/aromatic N) is 2. The third kappa shape index (κ3) is 8.87. The number of carbonyl (C=O) groups is 4. The van der Waals surface area contributed by atoms with E-state index in [-0.39, 0.29) is 43.9 Å². The van der Waals surface area contributed by atoms with Gasteiger partial charge in [0.05, 0.1) is 30.1 Å². The number of hydrogen-bond acceptors (Lipinski definition) is 13. The Labute approximate surface area is 297 Å². The van der Waals surface area contributed by atoms with E-state index in [1.54, 1.807) is 41.5 Å². The molecular weight excluding hydrogens is 674 g/mol. The van der Waals surface area contributed by atoms with Gasteiger partial charge in [-0.2, -0.15) is 0 Å².